The summed E-state index contributed by atoms with van der Waals surface area (Å²) in [6, 6.07) is 18.5. The van der Waals surface area contributed by atoms with E-state index in [0.717, 1.165) is 34.1 Å². The monoisotopic (exact) mass is 490 g/mol. The van der Waals surface area contributed by atoms with Gasteiger partial charge in [-0.3, -0.25) is 9.59 Å². The molecular formula is C24H19BrN4O3. The lowest BCUT2D eigenvalue weighted by Crippen LogP contribution is -2.39. The van der Waals surface area contributed by atoms with E-state index in [1.807, 2.05) is 48.5 Å². The summed E-state index contributed by atoms with van der Waals surface area (Å²) < 4.78 is 7.76. The summed E-state index contributed by atoms with van der Waals surface area (Å²) in [6.45, 7) is 0.583. The Kier molecular flexibility index (Phi) is 5.45. The predicted molar refractivity (Wildman–Crippen MR) is 124 cm³/mol. The third-order valence-electron chi connectivity index (χ3n) is 5.48. The van der Waals surface area contributed by atoms with Gasteiger partial charge in [0.25, 0.3) is 11.4 Å². The lowest BCUT2D eigenvalue weighted by Gasteiger charge is -2.29. The Labute approximate surface area is 192 Å². The molecule has 3 heterocycles. The lowest BCUT2D eigenvalue weighted by atomic mass is 10.0. The van der Waals surface area contributed by atoms with Gasteiger partial charge in [0.15, 0.2) is 0 Å². The third-order valence-corrected chi connectivity index (χ3v) is 6.00. The zero-order valence-corrected chi connectivity index (χ0v) is 18.7. The van der Waals surface area contributed by atoms with Gasteiger partial charge in [-0.1, -0.05) is 39.3 Å². The smallest absolute Gasteiger partial charge is 0.259 e. The van der Waals surface area contributed by atoms with Crippen LogP contribution >= 0.6 is 15.9 Å². The zero-order valence-electron chi connectivity index (χ0n) is 17.1. The van der Waals surface area contributed by atoms with E-state index >= 15 is 0 Å². The van der Waals surface area contributed by atoms with Gasteiger partial charge in [0.05, 0.1) is 5.56 Å². The Morgan fingerprint density at radius 3 is 2.66 bits per heavy atom. The molecule has 0 bridgehead atoms. The average Bonchev–Trinajstić information content (AvgIpc) is 3.31. The van der Waals surface area contributed by atoms with Gasteiger partial charge in [-0.2, -0.15) is 4.98 Å². The molecule has 1 aliphatic heterocycles. The lowest BCUT2D eigenvalue weighted by molar-refractivity contribution is -0.119. The molecule has 0 fully saturated rings. The molecule has 0 aliphatic carbocycles. The highest BCUT2D eigenvalue weighted by Crippen LogP contribution is 2.27. The van der Waals surface area contributed by atoms with Crippen LogP contribution in [0.5, 0.6) is 0 Å². The van der Waals surface area contributed by atoms with Gasteiger partial charge in [0.2, 0.25) is 11.7 Å². The number of benzene rings is 2. The van der Waals surface area contributed by atoms with E-state index in [-0.39, 0.29) is 23.9 Å². The topological polar surface area (TPSA) is 81.2 Å². The molecule has 0 saturated carbocycles. The molecule has 160 valence electrons. The molecule has 5 rings (SSSR count). The van der Waals surface area contributed by atoms with Crippen molar-refractivity contribution in [2.75, 3.05) is 11.4 Å². The molecule has 8 heteroatoms. The van der Waals surface area contributed by atoms with Crippen molar-refractivity contribution in [2.45, 2.75) is 19.4 Å². The molecule has 0 spiro atoms. The first-order chi connectivity index (χ1) is 15.6. The number of carbonyl (C=O) groups excluding carboxylic acids is 1. The van der Waals surface area contributed by atoms with E-state index in [9.17, 15) is 9.59 Å². The highest BCUT2D eigenvalue weighted by molar-refractivity contribution is 9.10. The Morgan fingerprint density at radius 1 is 1.03 bits per heavy atom. The molecule has 1 amide bonds. The second-order valence-corrected chi connectivity index (χ2v) is 8.51. The highest BCUT2D eigenvalue weighted by atomic mass is 79.9. The Morgan fingerprint density at radius 2 is 1.81 bits per heavy atom. The van der Waals surface area contributed by atoms with E-state index < -0.39 is 0 Å². The van der Waals surface area contributed by atoms with Crippen molar-refractivity contribution in [2.24, 2.45) is 0 Å². The summed E-state index contributed by atoms with van der Waals surface area (Å²) in [5.74, 6) is 0.608. The van der Waals surface area contributed by atoms with Crippen LogP contribution in [0.1, 0.15) is 12.0 Å². The normalized spacial score (nSPS) is 13.1. The number of hydrogen-bond acceptors (Lipinski definition) is 5. The van der Waals surface area contributed by atoms with Crippen LogP contribution in [0.3, 0.4) is 0 Å². The van der Waals surface area contributed by atoms with Crippen LogP contribution in [-0.4, -0.2) is 27.2 Å². The van der Waals surface area contributed by atoms with Crippen LogP contribution in [0.25, 0.3) is 22.8 Å². The number of fused-ring (bicyclic) bond motifs is 1. The number of nitrogens with zero attached hydrogens (tertiary/aromatic N) is 4. The van der Waals surface area contributed by atoms with Crippen molar-refractivity contribution in [3.8, 4) is 22.8 Å². The first-order valence-corrected chi connectivity index (χ1v) is 11.1. The quantitative estimate of drug-likeness (QED) is 0.425. The average molecular weight is 491 g/mol. The van der Waals surface area contributed by atoms with Crippen LogP contribution in [-0.2, 0) is 17.8 Å². The van der Waals surface area contributed by atoms with Crippen molar-refractivity contribution < 1.29 is 9.32 Å². The number of aromatic nitrogens is 3. The van der Waals surface area contributed by atoms with E-state index in [0.29, 0.717) is 17.9 Å². The van der Waals surface area contributed by atoms with Gasteiger partial charge in [-0.25, -0.2) is 0 Å². The number of aryl methyl sites for hydroxylation is 1. The predicted octanol–water partition coefficient (Wildman–Crippen LogP) is 4.31. The van der Waals surface area contributed by atoms with Crippen molar-refractivity contribution in [3.05, 3.63) is 87.3 Å². The molecule has 1 aliphatic rings. The van der Waals surface area contributed by atoms with Crippen LogP contribution in [0.2, 0.25) is 0 Å². The molecule has 7 nitrogen and oxygen atoms in total. The molecule has 32 heavy (non-hydrogen) atoms. The zero-order chi connectivity index (χ0) is 22.1. The first kappa shape index (κ1) is 20.4. The minimum absolute atomic E-state index is 0.0608. The van der Waals surface area contributed by atoms with E-state index in [2.05, 4.69) is 26.1 Å². The van der Waals surface area contributed by atoms with Crippen molar-refractivity contribution in [1.29, 1.82) is 0 Å². The number of para-hydroxylation sites is 1. The van der Waals surface area contributed by atoms with Gasteiger partial charge in [0.1, 0.15) is 6.54 Å². The number of carbonyl (C=O) groups is 1. The van der Waals surface area contributed by atoms with E-state index in [4.69, 9.17) is 4.52 Å². The van der Waals surface area contributed by atoms with Gasteiger partial charge < -0.3 is 14.0 Å². The summed E-state index contributed by atoms with van der Waals surface area (Å²) in [5, 5.41) is 4.04. The Bertz CT molecular complexity index is 1340. The SMILES string of the molecule is O=C(Cn1cc(-c2nc(-c3ccc(Br)cc3)no2)ccc1=O)N1CCCc2ccccc21. The van der Waals surface area contributed by atoms with Gasteiger partial charge >= 0.3 is 0 Å². The summed E-state index contributed by atoms with van der Waals surface area (Å²) >= 11 is 3.40. The fourth-order valence-electron chi connectivity index (χ4n) is 3.86. The maximum absolute atomic E-state index is 13.1. The van der Waals surface area contributed by atoms with Crippen LogP contribution in [0.4, 0.5) is 5.69 Å². The third kappa shape index (κ3) is 4.01. The van der Waals surface area contributed by atoms with Crippen LogP contribution < -0.4 is 10.5 Å². The number of hydrogen-bond donors (Lipinski definition) is 0. The number of anilines is 1. The maximum Gasteiger partial charge on any atom is 0.259 e. The minimum Gasteiger partial charge on any atom is -0.334 e. The number of pyridine rings is 1. The molecule has 0 unspecified atom stereocenters. The molecule has 0 radical (unpaired) electrons. The fourth-order valence-corrected chi connectivity index (χ4v) is 4.13. The second-order valence-electron chi connectivity index (χ2n) is 7.59. The molecule has 0 N–H and O–H groups in total. The van der Waals surface area contributed by atoms with Crippen molar-refractivity contribution in [3.63, 3.8) is 0 Å². The molecule has 2 aromatic carbocycles. The first-order valence-electron chi connectivity index (χ1n) is 10.3. The molecule has 2 aromatic heterocycles. The van der Waals surface area contributed by atoms with Crippen LogP contribution in [0.15, 0.2) is 80.7 Å². The van der Waals surface area contributed by atoms with Gasteiger partial charge in [0, 0.05) is 34.5 Å². The maximum atomic E-state index is 13.1. The van der Waals surface area contributed by atoms with Crippen molar-refractivity contribution in [1.82, 2.24) is 14.7 Å². The molecule has 4 aromatic rings. The molecule has 0 saturated heterocycles. The standard InChI is InChI=1S/C24H19BrN4O3/c25-19-10-7-17(8-11-19)23-26-24(32-27-23)18-9-12-21(30)28(14-18)15-22(31)29-13-3-5-16-4-1-2-6-20(16)29/h1-2,4,6-12,14H,3,5,13,15H2. The minimum atomic E-state index is -0.264. The Hall–Kier alpha value is -3.52. The largest absolute Gasteiger partial charge is 0.334 e. The summed E-state index contributed by atoms with van der Waals surface area (Å²) in [5.41, 5.74) is 3.20. The summed E-state index contributed by atoms with van der Waals surface area (Å²) in [7, 11) is 0. The van der Waals surface area contributed by atoms with E-state index in [1.54, 1.807) is 17.2 Å². The van der Waals surface area contributed by atoms with Crippen LogP contribution in [0, 0.1) is 0 Å². The van der Waals surface area contributed by atoms with E-state index in [1.165, 1.54) is 10.6 Å². The highest BCUT2D eigenvalue weighted by Gasteiger charge is 2.23. The number of halogens is 1. The van der Waals surface area contributed by atoms with Gasteiger partial charge in [-0.05, 0) is 54.8 Å². The number of rotatable bonds is 4. The summed E-state index contributed by atoms with van der Waals surface area (Å²) in [6.07, 6.45) is 3.45. The Balaban J connectivity index is 1.40. The molecule has 0 atom stereocenters. The fraction of sp³-hybridized carbons (Fsp3) is 0.167. The second kappa shape index (κ2) is 8.55. The molecular weight excluding hydrogens is 472 g/mol. The number of amides is 1. The van der Waals surface area contributed by atoms with Crippen molar-refractivity contribution >= 4 is 27.5 Å². The van der Waals surface area contributed by atoms with Gasteiger partial charge in [-0.15, -0.1) is 0 Å². The summed E-state index contributed by atoms with van der Waals surface area (Å²) in [4.78, 5) is 31.7.